The van der Waals surface area contributed by atoms with Gasteiger partial charge in [0.1, 0.15) is 11.6 Å². The Morgan fingerprint density at radius 2 is 1.96 bits per heavy atom. The largest absolute Gasteiger partial charge is 0.326 e. The highest BCUT2D eigenvalue weighted by molar-refractivity contribution is 5.92. The van der Waals surface area contributed by atoms with Gasteiger partial charge in [-0.25, -0.2) is 9.37 Å². The normalized spacial score (nSPS) is 10.6. The molecule has 2 amide bonds. The van der Waals surface area contributed by atoms with E-state index in [1.54, 1.807) is 30.3 Å². The molecule has 1 heterocycles. The van der Waals surface area contributed by atoms with E-state index in [0.29, 0.717) is 18.1 Å². The van der Waals surface area contributed by atoms with Gasteiger partial charge in [-0.2, -0.15) is 0 Å². The molecular weight excluding hydrogens is 323 g/mol. The van der Waals surface area contributed by atoms with Crippen LogP contribution in [0.4, 0.5) is 15.9 Å². The zero-order valence-corrected chi connectivity index (χ0v) is 14.3. The molecule has 0 atom stereocenters. The number of likely N-dealkylation sites (N-methyl/N-ethyl adjacent to an activating group) is 1. The van der Waals surface area contributed by atoms with Crippen LogP contribution < -0.4 is 10.6 Å². The number of benzene rings is 1. The topological polar surface area (TPSA) is 74.3 Å². The molecule has 2 N–H and O–H groups in total. The first kappa shape index (κ1) is 18.5. The molecule has 0 unspecified atom stereocenters. The molecule has 0 aliphatic heterocycles. The van der Waals surface area contributed by atoms with Gasteiger partial charge in [-0.15, -0.1) is 0 Å². The molecule has 2 rings (SSSR count). The molecule has 0 saturated carbocycles. The molecule has 0 aliphatic carbocycles. The van der Waals surface area contributed by atoms with Crippen molar-refractivity contribution in [2.45, 2.75) is 13.3 Å². The molecule has 25 heavy (non-hydrogen) atoms. The second-order valence-electron chi connectivity index (χ2n) is 5.81. The van der Waals surface area contributed by atoms with Crippen LogP contribution in [0.2, 0.25) is 0 Å². The lowest BCUT2D eigenvalue weighted by Gasteiger charge is -2.16. The number of rotatable bonds is 7. The van der Waals surface area contributed by atoms with E-state index >= 15 is 0 Å². The number of hydrogen-bond acceptors (Lipinski definition) is 4. The molecule has 0 fully saturated rings. The molecule has 2 aromatic rings. The van der Waals surface area contributed by atoms with Gasteiger partial charge in [0.25, 0.3) is 0 Å². The van der Waals surface area contributed by atoms with Crippen molar-refractivity contribution in [1.29, 1.82) is 0 Å². The average Bonchev–Trinajstić information content (AvgIpc) is 2.53. The number of halogens is 1. The van der Waals surface area contributed by atoms with Gasteiger partial charge in [-0.1, -0.05) is 6.07 Å². The fraction of sp³-hybridized carbons (Fsp3) is 0.278. The number of aromatic nitrogens is 1. The summed E-state index contributed by atoms with van der Waals surface area (Å²) < 4.78 is 13.1. The number of nitrogens with zero attached hydrogens (tertiary/aromatic N) is 2. The van der Waals surface area contributed by atoms with Gasteiger partial charge >= 0.3 is 0 Å². The molecule has 0 saturated heterocycles. The molecule has 0 bridgehead atoms. The summed E-state index contributed by atoms with van der Waals surface area (Å²) in [4.78, 5) is 29.6. The molecule has 6 nitrogen and oxygen atoms in total. The van der Waals surface area contributed by atoms with Gasteiger partial charge < -0.3 is 10.6 Å². The third kappa shape index (κ3) is 6.68. The number of aryl methyl sites for hydroxylation is 1. The van der Waals surface area contributed by atoms with Crippen molar-refractivity contribution in [1.82, 2.24) is 9.88 Å². The smallest absolute Gasteiger partial charge is 0.239 e. The third-order valence-electron chi connectivity index (χ3n) is 3.43. The lowest BCUT2D eigenvalue weighted by molar-refractivity contribution is -0.119. The predicted molar refractivity (Wildman–Crippen MR) is 94.7 cm³/mol. The Kier molecular flexibility index (Phi) is 6.59. The quantitative estimate of drug-likeness (QED) is 0.809. The molecule has 1 aromatic heterocycles. The van der Waals surface area contributed by atoms with Gasteiger partial charge in [0, 0.05) is 24.8 Å². The minimum absolute atomic E-state index is 0.142. The zero-order valence-electron chi connectivity index (χ0n) is 14.3. The Morgan fingerprint density at radius 3 is 2.68 bits per heavy atom. The minimum atomic E-state index is -0.406. The average molecular weight is 344 g/mol. The Balaban J connectivity index is 1.73. The van der Waals surface area contributed by atoms with Crippen molar-refractivity contribution in [3.8, 4) is 0 Å². The van der Waals surface area contributed by atoms with Crippen LogP contribution in [0.3, 0.4) is 0 Å². The van der Waals surface area contributed by atoms with Crippen LogP contribution in [0.25, 0.3) is 0 Å². The number of nitrogens with one attached hydrogen (secondary N) is 2. The molecule has 132 valence electrons. The van der Waals surface area contributed by atoms with Crippen LogP contribution in [0.5, 0.6) is 0 Å². The highest BCUT2D eigenvalue weighted by Gasteiger charge is 2.10. The van der Waals surface area contributed by atoms with Gasteiger partial charge in [-0.05, 0) is 49.9 Å². The van der Waals surface area contributed by atoms with Crippen LogP contribution in [0.1, 0.15) is 12.0 Å². The summed E-state index contributed by atoms with van der Waals surface area (Å²) in [5, 5.41) is 5.33. The molecule has 7 heteroatoms. The SMILES string of the molecule is Cc1ccnc(NC(=O)CN(C)CCC(=O)Nc2cccc(F)c2)c1. The maximum Gasteiger partial charge on any atom is 0.239 e. The van der Waals surface area contributed by atoms with E-state index in [1.807, 2.05) is 13.0 Å². The lowest BCUT2D eigenvalue weighted by atomic mass is 10.3. The Morgan fingerprint density at radius 1 is 1.16 bits per heavy atom. The number of anilines is 2. The first-order valence-corrected chi connectivity index (χ1v) is 7.89. The summed E-state index contributed by atoms with van der Waals surface area (Å²) in [6, 6.07) is 9.34. The maximum atomic E-state index is 13.1. The fourth-order valence-corrected chi connectivity index (χ4v) is 2.19. The van der Waals surface area contributed by atoms with E-state index < -0.39 is 5.82 Å². The Labute approximate surface area is 146 Å². The van der Waals surface area contributed by atoms with Gasteiger partial charge in [0.05, 0.1) is 6.54 Å². The summed E-state index contributed by atoms with van der Waals surface area (Å²) >= 11 is 0. The van der Waals surface area contributed by atoms with Crippen LogP contribution in [-0.4, -0.2) is 41.8 Å². The lowest BCUT2D eigenvalue weighted by Crippen LogP contribution is -2.32. The maximum absolute atomic E-state index is 13.1. The number of hydrogen-bond donors (Lipinski definition) is 2. The van der Waals surface area contributed by atoms with Gasteiger partial charge in [0.2, 0.25) is 11.8 Å². The second kappa shape index (κ2) is 8.89. The minimum Gasteiger partial charge on any atom is -0.326 e. The van der Waals surface area contributed by atoms with Crippen molar-refractivity contribution in [2.24, 2.45) is 0 Å². The Bertz CT molecular complexity index is 751. The second-order valence-corrected chi connectivity index (χ2v) is 5.81. The summed E-state index contributed by atoms with van der Waals surface area (Å²) in [5.41, 5.74) is 1.42. The van der Waals surface area contributed by atoms with Crippen molar-refractivity contribution >= 4 is 23.3 Å². The third-order valence-corrected chi connectivity index (χ3v) is 3.43. The van der Waals surface area contributed by atoms with Crippen LogP contribution in [0.15, 0.2) is 42.6 Å². The van der Waals surface area contributed by atoms with Crippen LogP contribution in [0, 0.1) is 12.7 Å². The predicted octanol–water partition coefficient (Wildman–Crippen LogP) is 2.43. The van der Waals surface area contributed by atoms with E-state index in [-0.39, 0.29) is 24.8 Å². The first-order chi connectivity index (χ1) is 11.9. The zero-order chi connectivity index (χ0) is 18.2. The summed E-state index contributed by atoms with van der Waals surface area (Å²) in [6.45, 7) is 2.46. The van der Waals surface area contributed by atoms with Crippen molar-refractivity contribution in [2.75, 3.05) is 30.8 Å². The molecule has 0 aliphatic rings. The highest BCUT2D eigenvalue weighted by Crippen LogP contribution is 2.09. The molecular formula is C18H21FN4O2. The number of carbonyl (C=O) groups is 2. The monoisotopic (exact) mass is 344 g/mol. The standard InChI is InChI=1S/C18H21FN4O2/c1-13-6-8-20-16(10-13)22-18(25)12-23(2)9-7-17(24)21-15-5-3-4-14(19)11-15/h3-6,8,10-11H,7,9,12H2,1-2H3,(H,21,24)(H,20,22,25). The van der Waals surface area contributed by atoms with Crippen LogP contribution in [-0.2, 0) is 9.59 Å². The number of carbonyl (C=O) groups excluding carboxylic acids is 2. The van der Waals surface area contributed by atoms with Crippen molar-refractivity contribution in [3.63, 3.8) is 0 Å². The summed E-state index contributed by atoms with van der Waals surface area (Å²) in [7, 11) is 1.75. The highest BCUT2D eigenvalue weighted by atomic mass is 19.1. The number of pyridine rings is 1. The van der Waals surface area contributed by atoms with E-state index in [4.69, 9.17) is 0 Å². The van der Waals surface area contributed by atoms with E-state index in [2.05, 4.69) is 15.6 Å². The van der Waals surface area contributed by atoms with E-state index in [1.165, 1.54) is 18.2 Å². The van der Waals surface area contributed by atoms with Gasteiger partial charge in [-0.3, -0.25) is 14.5 Å². The van der Waals surface area contributed by atoms with Gasteiger partial charge in [0.15, 0.2) is 0 Å². The number of amides is 2. The fourth-order valence-electron chi connectivity index (χ4n) is 2.19. The summed E-state index contributed by atoms with van der Waals surface area (Å²) in [5.74, 6) is -0.344. The van der Waals surface area contributed by atoms with Crippen LogP contribution >= 0.6 is 0 Å². The molecule has 1 aromatic carbocycles. The Hall–Kier alpha value is -2.80. The van der Waals surface area contributed by atoms with Crippen molar-refractivity contribution < 1.29 is 14.0 Å². The molecule has 0 radical (unpaired) electrons. The van der Waals surface area contributed by atoms with Crippen molar-refractivity contribution in [3.05, 3.63) is 54.0 Å². The molecule has 0 spiro atoms. The first-order valence-electron chi connectivity index (χ1n) is 7.89. The van der Waals surface area contributed by atoms with E-state index in [0.717, 1.165) is 5.56 Å². The summed E-state index contributed by atoms with van der Waals surface area (Å²) in [6.07, 6.45) is 1.83. The van der Waals surface area contributed by atoms with E-state index in [9.17, 15) is 14.0 Å².